The first kappa shape index (κ1) is 14.3. The Morgan fingerprint density at radius 1 is 1.41 bits per heavy atom. The number of halogens is 1. The molecule has 1 heterocycles. The highest BCUT2D eigenvalue weighted by atomic mass is 35.5. The van der Waals surface area contributed by atoms with Gasteiger partial charge in [0.2, 0.25) is 0 Å². The van der Waals surface area contributed by atoms with Crippen molar-refractivity contribution in [2.45, 2.75) is 19.9 Å². The van der Waals surface area contributed by atoms with Gasteiger partial charge in [0, 0.05) is 6.54 Å². The minimum atomic E-state index is -0.405. The lowest BCUT2D eigenvalue weighted by atomic mass is 9.98. The molecule has 2 unspecified atom stereocenters. The predicted octanol–water partition coefficient (Wildman–Crippen LogP) is 1.29. The zero-order valence-electron chi connectivity index (χ0n) is 10.1. The van der Waals surface area contributed by atoms with Gasteiger partial charge in [0.1, 0.15) is 0 Å². The molecule has 1 saturated heterocycles. The lowest BCUT2D eigenvalue weighted by molar-refractivity contribution is -0.121. The number of ketones is 1. The molecule has 5 nitrogen and oxygen atoms in total. The summed E-state index contributed by atoms with van der Waals surface area (Å²) in [7, 11) is 0. The number of rotatable bonds is 5. The van der Waals surface area contributed by atoms with Crippen LogP contribution < -0.4 is 0 Å². The summed E-state index contributed by atoms with van der Waals surface area (Å²) in [4.78, 5) is 24.9. The number of nitrogens with zero attached hydrogens (tertiary/aromatic N) is 1. The number of amides is 1. The van der Waals surface area contributed by atoms with Crippen LogP contribution in [0.25, 0.3) is 0 Å². The standard InChI is InChI=1S/C11H18ClNO4/c1-3-13(11(15)17-4-2)9-7-16-6-8(9)10(14)5-12/h8-9H,3-7H2,1-2H3. The van der Waals surface area contributed by atoms with E-state index in [9.17, 15) is 9.59 Å². The number of hydrogen-bond donors (Lipinski definition) is 0. The summed E-state index contributed by atoms with van der Waals surface area (Å²) in [5.74, 6) is -0.473. The molecule has 98 valence electrons. The predicted molar refractivity (Wildman–Crippen MR) is 63.2 cm³/mol. The molecular weight excluding hydrogens is 246 g/mol. The molecule has 0 radical (unpaired) electrons. The van der Waals surface area contributed by atoms with Crippen LogP contribution in [0.2, 0.25) is 0 Å². The summed E-state index contributed by atoms with van der Waals surface area (Å²) in [6, 6.07) is -0.259. The lowest BCUT2D eigenvalue weighted by Crippen LogP contribution is -2.46. The summed E-state index contributed by atoms with van der Waals surface area (Å²) < 4.78 is 10.2. The Labute approximate surface area is 106 Å². The third-order valence-corrected chi connectivity index (χ3v) is 3.10. The van der Waals surface area contributed by atoms with E-state index in [1.807, 2.05) is 6.92 Å². The maximum Gasteiger partial charge on any atom is 0.410 e. The zero-order valence-corrected chi connectivity index (χ0v) is 10.9. The van der Waals surface area contributed by atoms with Crippen LogP contribution in [0.4, 0.5) is 4.79 Å². The molecule has 0 aromatic rings. The van der Waals surface area contributed by atoms with Crippen molar-refractivity contribution in [2.24, 2.45) is 5.92 Å². The molecule has 0 aliphatic carbocycles. The van der Waals surface area contributed by atoms with Gasteiger partial charge in [0.25, 0.3) is 0 Å². The van der Waals surface area contributed by atoms with Crippen molar-refractivity contribution in [3.63, 3.8) is 0 Å². The molecule has 1 rings (SSSR count). The fourth-order valence-electron chi connectivity index (χ4n) is 1.96. The molecule has 0 bridgehead atoms. The van der Waals surface area contributed by atoms with Crippen LogP contribution in [0.15, 0.2) is 0 Å². The number of likely N-dealkylation sites (N-methyl/N-ethyl adjacent to an activating group) is 1. The number of ether oxygens (including phenoxy) is 2. The zero-order chi connectivity index (χ0) is 12.8. The Kier molecular flexibility index (Phi) is 5.71. The van der Waals surface area contributed by atoms with Crippen LogP contribution in [0.3, 0.4) is 0 Å². The second kappa shape index (κ2) is 6.81. The van der Waals surface area contributed by atoms with Crippen LogP contribution in [-0.4, -0.2) is 55.1 Å². The van der Waals surface area contributed by atoms with Crippen molar-refractivity contribution >= 4 is 23.5 Å². The molecule has 2 atom stereocenters. The number of Topliss-reactive ketones (excluding diaryl/α,β-unsaturated/α-hetero) is 1. The molecule has 1 aliphatic heterocycles. The van der Waals surface area contributed by atoms with E-state index in [2.05, 4.69) is 0 Å². The summed E-state index contributed by atoms with van der Waals surface area (Å²) in [6.07, 6.45) is -0.405. The Morgan fingerprint density at radius 2 is 2.12 bits per heavy atom. The maximum atomic E-state index is 11.7. The van der Waals surface area contributed by atoms with Gasteiger partial charge in [-0.2, -0.15) is 0 Å². The largest absolute Gasteiger partial charge is 0.450 e. The lowest BCUT2D eigenvalue weighted by Gasteiger charge is -2.29. The maximum absolute atomic E-state index is 11.7. The SMILES string of the molecule is CCOC(=O)N(CC)C1COCC1C(=O)CCl. The minimum Gasteiger partial charge on any atom is -0.450 e. The molecule has 1 fully saturated rings. The Hall–Kier alpha value is -0.810. The van der Waals surface area contributed by atoms with Gasteiger partial charge in [0.05, 0.1) is 37.7 Å². The molecule has 0 aromatic carbocycles. The van der Waals surface area contributed by atoms with Gasteiger partial charge in [0.15, 0.2) is 5.78 Å². The Bertz CT molecular complexity index is 285. The summed E-state index contributed by atoms with van der Waals surface area (Å²) >= 11 is 5.55. The van der Waals surface area contributed by atoms with Crippen molar-refractivity contribution in [1.82, 2.24) is 4.90 Å². The van der Waals surface area contributed by atoms with Gasteiger partial charge in [-0.25, -0.2) is 4.79 Å². The number of carbonyl (C=O) groups excluding carboxylic acids is 2. The highest BCUT2D eigenvalue weighted by Gasteiger charge is 2.39. The first-order valence-electron chi connectivity index (χ1n) is 5.75. The highest BCUT2D eigenvalue weighted by Crippen LogP contribution is 2.21. The molecule has 6 heteroatoms. The van der Waals surface area contributed by atoms with Crippen LogP contribution >= 0.6 is 11.6 Å². The van der Waals surface area contributed by atoms with Crippen molar-refractivity contribution in [3.8, 4) is 0 Å². The van der Waals surface area contributed by atoms with Crippen molar-refractivity contribution in [1.29, 1.82) is 0 Å². The van der Waals surface area contributed by atoms with Crippen LogP contribution in [0.5, 0.6) is 0 Å². The smallest absolute Gasteiger partial charge is 0.410 e. The molecule has 1 amide bonds. The van der Waals surface area contributed by atoms with Gasteiger partial charge in [-0.1, -0.05) is 0 Å². The fraction of sp³-hybridized carbons (Fsp3) is 0.818. The molecule has 0 N–H and O–H groups in total. The average Bonchev–Trinajstić information content (AvgIpc) is 2.78. The minimum absolute atomic E-state index is 0.0507. The van der Waals surface area contributed by atoms with E-state index in [1.165, 1.54) is 4.90 Å². The molecule has 0 aromatic heterocycles. The van der Waals surface area contributed by atoms with E-state index in [-0.39, 0.29) is 23.6 Å². The van der Waals surface area contributed by atoms with E-state index in [0.29, 0.717) is 26.4 Å². The van der Waals surface area contributed by atoms with Gasteiger partial charge in [-0.05, 0) is 13.8 Å². The quantitative estimate of drug-likeness (QED) is 0.702. The normalized spacial score (nSPS) is 23.5. The third-order valence-electron chi connectivity index (χ3n) is 2.84. The Morgan fingerprint density at radius 3 is 2.65 bits per heavy atom. The van der Waals surface area contributed by atoms with Crippen LogP contribution in [0.1, 0.15) is 13.8 Å². The summed E-state index contributed by atoms with van der Waals surface area (Å²) in [6.45, 7) is 5.08. The number of carbonyl (C=O) groups is 2. The monoisotopic (exact) mass is 263 g/mol. The van der Waals surface area contributed by atoms with E-state index in [4.69, 9.17) is 21.1 Å². The van der Waals surface area contributed by atoms with E-state index in [0.717, 1.165) is 0 Å². The van der Waals surface area contributed by atoms with Crippen molar-refractivity contribution in [2.75, 3.05) is 32.2 Å². The number of alkyl halides is 1. The third kappa shape index (κ3) is 3.33. The van der Waals surface area contributed by atoms with Gasteiger partial charge < -0.3 is 14.4 Å². The highest BCUT2D eigenvalue weighted by molar-refractivity contribution is 6.28. The topological polar surface area (TPSA) is 55.8 Å². The Balaban J connectivity index is 2.73. The van der Waals surface area contributed by atoms with E-state index < -0.39 is 6.09 Å². The van der Waals surface area contributed by atoms with Crippen LogP contribution in [-0.2, 0) is 14.3 Å². The van der Waals surface area contributed by atoms with E-state index in [1.54, 1.807) is 6.92 Å². The summed E-state index contributed by atoms with van der Waals surface area (Å²) in [5.41, 5.74) is 0. The molecule has 0 saturated carbocycles. The summed E-state index contributed by atoms with van der Waals surface area (Å²) in [5, 5.41) is 0. The molecule has 17 heavy (non-hydrogen) atoms. The number of hydrogen-bond acceptors (Lipinski definition) is 4. The van der Waals surface area contributed by atoms with Gasteiger partial charge in [-0.3, -0.25) is 4.79 Å². The molecular formula is C11H18ClNO4. The second-order valence-corrected chi connectivity index (χ2v) is 4.06. The first-order valence-corrected chi connectivity index (χ1v) is 6.28. The van der Waals surface area contributed by atoms with Gasteiger partial charge in [-0.15, -0.1) is 11.6 Å². The van der Waals surface area contributed by atoms with Crippen molar-refractivity contribution in [3.05, 3.63) is 0 Å². The molecule has 0 spiro atoms. The first-order chi connectivity index (χ1) is 8.15. The van der Waals surface area contributed by atoms with Gasteiger partial charge >= 0.3 is 6.09 Å². The molecule has 1 aliphatic rings. The fourth-order valence-corrected chi connectivity index (χ4v) is 2.16. The second-order valence-electron chi connectivity index (χ2n) is 3.80. The van der Waals surface area contributed by atoms with E-state index >= 15 is 0 Å². The van der Waals surface area contributed by atoms with Crippen LogP contribution in [0, 0.1) is 5.92 Å². The van der Waals surface area contributed by atoms with Crippen molar-refractivity contribution < 1.29 is 19.1 Å². The average molecular weight is 264 g/mol.